The first kappa shape index (κ1) is 20.5. The van der Waals surface area contributed by atoms with Crippen LogP contribution in [-0.4, -0.2) is 54.4 Å². The number of nitrogens with zero attached hydrogens (tertiary/aromatic N) is 6. The van der Waals surface area contributed by atoms with Crippen molar-refractivity contribution in [1.29, 1.82) is 5.26 Å². The highest BCUT2D eigenvalue weighted by Gasteiger charge is 2.19. The molecule has 31 heavy (non-hydrogen) atoms. The largest absolute Gasteiger partial charge is 0.396 e. The molecule has 0 amide bonds. The predicted molar refractivity (Wildman–Crippen MR) is 113 cm³/mol. The number of fused-ring (bicyclic) bond motifs is 1. The number of anilines is 1. The van der Waals surface area contributed by atoms with Crippen molar-refractivity contribution >= 4 is 16.7 Å². The highest BCUT2D eigenvalue weighted by atomic mass is 16.5. The lowest BCUT2D eigenvalue weighted by Crippen LogP contribution is -2.12. The molecule has 0 aliphatic carbocycles. The third kappa shape index (κ3) is 3.96. The van der Waals surface area contributed by atoms with Crippen LogP contribution in [0.3, 0.4) is 0 Å². The minimum atomic E-state index is -0.508. The van der Waals surface area contributed by atoms with Gasteiger partial charge >= 0.3 is 0 Å². The van der Waals surface area contributed by atoms with Gasteiger partial charge in [0.05, 0.1) is 47.8 Å². The van der Waals surface area contributed by atoms with E-state index in [-0.39, 0.29) is 19.3 Å². The number of hydrogen-bond donors (Lipinski definition) is 3. The van der Waals surface area contributed by atoms with Crippen molar-refractivity contribution in [2.45, 2.75) is 25.8 Å². The van der Waals surface area contributed by atoms with Crippen LogP contribution < -0.4 is 5.32 Å². The summed E-state index contributed by atoms with van der Waals surface area (Å²) in [5.41, 5.74) is 2.95. The van der Waals surface area contributed by atoms with Crippen LogP contribution in [0.2, 0.25) is 0 Å². The van der Waals surface area contributed by atoms with Crippen molar-refractivity contribution < 1.29 is 14.7 Å². The van der Waals surface area contributed by atoms with Gasteiger partial charge in [0.2, 0.25) is 0 Å². The molecule has 10 heteroatoms. The molecule has 4 heterocycles. The Bertz CT molecular complexity index is 1250. The van der Waals surface area contributed by atoms with Gasteiger partial charge in [-0.25, -0.2) is 9.97 Å². The fourth-order valence-corrected chi connectivity index (χ4v) is 3.19. The van der Waals surface area contributed by atoms with Gasteiger partial charge < -0.3 is 20.1 Å². The van der Waals surface area contributed by atoms with Crippen LogP contribution in [0.4, 0.5) is 5.69 Å². The van der Waals surface area contributed by atoms with E-state index in [1.807, 2.05) is 19.9 Å². The van der Waals surface area contributed by atoms with E-state index in [0.717, 1.165) is 11.1 Å². The van der Waals surface area contributed by atoms with Crippen LogP contribution in [0.1, 0.15) is 31.0 Å². The monoisotopic (exact) mass is 419 g/mol. The molecular weight excluding hydrogens is 398 g/mol. The molecule has 4 aromatic heterocycles. The quantitative estimate of drug-likeness (QED) is 0.410. The molecule has 0 saturated heterocycles. The molecule has 10 nitrogen and oxygen atoms in total. The molecular formula is C21H21N7O3. The van der Waals surface area contributed by atoms with Gasteiger partial charge in [0.15, 0.2) is 17.2 Å². The molecule has 0 bridgehead atoms. The Kier molecular flexibility index (Phi) is 5.62. The predicted octanol–water partition coefficient (Wildman–Crippen LogP) is 2.23. The summed E-state index contributed by atoms with van der Waals surface area (Å²) in [6, 6.07) is 7.44. The van der Waals surface area contributed by atoms with Crippen LogP contribution in [0.25, 0.3) is 28.2 Å². The zero-order valence-corrected chi connectivity index (χ0v) is 17.0. The molecule has 0 atom stereocenters. The zero-order chi connectivity index (χ0) is 22.0. The zero-order valence-electron chi connectivity index (χ0n) is 17.0. The lowest BCUT2D eigenvalue weighted by molar-refractivity contribution is 0.187. The summed E-state index contributed by atoms with van der Waals surface area (Å²) < 4.78 is 7.07. The minimum Gasteiger partial charge on any atom is -0.396 e. The van der Waals surface area contributed by atoms with Crippen LogP contribution in [-0.2, 0) is 0 Å². The molecule has 158 valence electrons. The summed E-state index contributed by atoms with van der Waals surface area (Å²) in [6.45, 7) is 3.56. The fourth-order valence-electron chi connectivity index (χ4n) is 3.19. The van der Waals surface area contributed by atoms with Gasteiger partial charge in [0, 0.05) is 36.0 Å². The van der Waals surface area contributed by atoms with Crippen LogP contribution in [0, 0.1) is 11.3 Å². The van der Waals surface area contributed by atoms with E-state index in [1.165, 1.54) is 6.20 Å². The summed E-state index contributed by atoms with van der Waals surface area (Å²) in [7, 11) is 0. The average molecular weight is 419 g/mol. The molecule has 0 unspecified atom stereocenters. The number of aromatic nitrogens is 5. The highest BCUT2D eigenvalue weighted by Crippen LogP contribution is 2.32. The van der Waals surface area contributed by atoms with Crippen molar-refractivity contribution in [2.24, 2.45) is 0 Å². The van der Waals surface area contributed by atoms with Gasteiger partial charge in [-0.3, -0.25) is 0 Å². The van der Waals surface area contributed by atoms with E-state index in [9.17, 15) is 10.2 Å². The van der Waals surface area contributed by atoms with Crippen LogP contribution in [0.5, 0.6) is 0 Å². The molecule has 0 saturated carbocycles. The van der Waals surface area contributed by atoms with E-state index < -0.39 is 5.92 Å². The molecule has 0 aromatic carbocycles. The second-order valence-corrected chi connectivity index (χ2v) is 7.37. The van der Waals surface area contributed by atoms with Gasteiger partial charge in [-0.2, -0.15) is 15.0 Å². The summed E-state index contributed by atoms with van der Waals surface area (Å²) in [5.74, 6) is 0.500. The lowest BCUT2D eigenvalue weighted by Gasteiger charge is -2.14. The Labute approximate surface area is 177 Å². The third-order valence-electron chi connectivity index (χ3n) is 4.74. The molecule has 0 aliphatic rings. The smallest absolute Gasteiger partial charge is 0.170 e. The summed E-state index contributed by atoms with van der Waals surface area (Å²) in [4.78, 5) is 8.86. The maximum absolute atomic E-state index is 9.39. The Morgan fingerprint density at radius 2 is 1.94 bits per heavy atom. The fraction of sp³-hybridized carbons (Fsp3) is 0.286. The number of pyridine rings is 2. The van der Waals surface area contributed by atoms with E-state index in [0.29, 0.717) is 34.0 Å². The highest BCUT2D eigenvalue weighted by molar-refractivity contribution is 5.79. The number of aliphatic hydroxyl groups is 2. The SMILES string of the molecule is CC(C)Nc1cc(-n2ncc3cc(C#N)cnc32)ncc1-c1cc(C(CO)CO)no1. The van der Waals surface area contributed by atoms with E-state index in [2.05, 4.69) is 31.6 Å². The second kappa shape index (κ2) is 8.51. The lowest BCUT2D eigenvalue weighted by atomic mass is 10.1. The van der Waals surface area contributed by atoms with Crippen molar-refractivity contribution in [1.82, 2.24) is 24.9 Å². The Hall–Kier alpha value is -3.81. The van der Waals surface area contributed by atoms with Gasteiger partial charge in [-0.1, -0.05) is 5.16 Å². The Morgan fingerprint density at radius 3 is 2.65 bits per heavy atom. The Balaban J connectivity index is 1.77. The second-order valence-electron chi connectivity index (χ2n) is 7.37. The number of hydrogen-bond acceptors (Lipinski definition) is 9. The molecule has 0 spiro atoms. The van der Waals surface area contributed by atoms with Crippen LogP contribution in [0.15, 0.2) is 41.3 Å². The first-order chi connectivity index (χ1) is 15.0. The van der Waals surface area contributed by atoms with E-state index in [4.69, 9.17) is 9.78 Å². The molecule has 0 radical (unpaired) electrons. The van der Waals surface area contributed by atoms with Crippen molar-refractivity contribution in [3.05, 3.63) is 48.0 Å². The molecule has 0 fully saturated rings. The number of aliphatic hydroxyl groups excluding tert-OH is 2. The summed E-state index contributed by atoms with van der Waals surface area (Å²) >= 11 is 0. The normalized spacial score (nSPS) is 11.4. The van der Waals surface area contributed by atoms with Gasteiger partial charge in [-0.05, 0) is 19.9 Å². The number of nitriles is 1. The first-order valence-electron chi connectivity index (χ1n) is 9.73. The van der Waals surface area contributed by atoms with E-state index >= 15 is 0 Å². The summed E-state index contributed by atoms with van der Waals surface area (Å²) in [5, 5.41) is 40.3. The van der Waals surface area contributed by atoms with Crippen molar-refractivity contribution in [2.75, 3.05) is 18.5 Å². The maximum Gasteiger partial charge on any atom is 0.170 e. The minimum absolute atomic E-state index is 0.129. The molecule has 3 N–H and O–H groups in total. The van der Waals surface area contributed by atoms with Crippen molar-refractivity contribution in [3.8, 4) is 23.2 Å². The first-order valence-corrected chi connectivity index (χ1v) is 9.73. The van der Waals surface area contributed by atoms with Gasteiger partial charge in [0.25, 0.3) is 0 Å². The molecule has 4 rings (SSSR count). The Morgan fingerprint density at radius 1 is 1.13 bits per heavy atom. The molecule has 0 aliphatic heterocycles. The topological polar surface area (TPSA) is 146 Å². The standard InChI is InChI=1S/C21H21N7O3/c1-12(2)26-18-5-20(28-21-14(8-25-28)3-13(6-22)7-24-21)23-9-16(18)19-4-17(27-31-19)15(10-29)11-30/h3-5,7-9,12,15,29-30H,10-11H2,1-2H3,(H,23,26). The van der Waals surface area contributed by atoms with E-state index in [1.54, 1.807) is 29.2 Å². The summed E-state index contributed by atoms with van der Waals surface area (Å²) in [6.07, 6.45) is 4.78. The average Bonchev–Trinajstić information content (AvgIpc) is 3.41. The number of nitrogens with one attached hydrogen (secondary N) is 1. The number of rotatable bonds is 7. The molecule has 4 aromatic rings. The maximum atomic E-state index is 9.39. The van der Waals surface area contributed by atoms with Gasteiger partial charge in [-0.15, -0.1) is 0 Å². The van der Waals surface area contributed by atoms with Crippen LogP contribution >= 0.6 is 0 Å². The van der Waals surface area contributed by atoms with Crippen molar-refractivity contribution in [3.63, 3.8) is 0 Å². The van der Waals surface area contributed by atoms with Gasteiger partial charge in [0.1, 0.15) is 6.07 Å². The third-order valence-corrected chi connectivity index (χ3v) is 4.74.